The van der Waals surface area contributed by atoms with E-state index in [1.807, 2.05) is 55.6 Å². The van der Waals surface area contributed by atoms with Crippen LogP contribution in [-0.2, 0) is 11.2 Å². The molecular weight excluding hydrogens is 216 g/mol. The molecule has 0 aromatic heterocycles. The minimum absolute atomic E-state index is 0.403. The first-order valence-electron chi connectivity index (χ1n) is 5.46. The van der Waals surface area contributed by atoms with Gasteiger partial charge in [-0.15, -0.1) is 0 Å². The lowest BCUT2D eigenvalue weighted by molar-refractivity contribution is -0.459. The predicted molar refractivity (Wildman–Crippen MR) is 63.4 cm³/mol. The van der Waals surface area contributed by atoms with Gasteiger partial charge in [-0.3, -0.25) is 0 Å². The zero-order chi connectivity index (χ0) is 12.8. The quantitative estimate of drug-likeness (QED) is 0.497. The van der Waals surface area contributed by atoms with E-state index in [2.05, 4.69) is 5.73 Å². The van der Waals surface area contributed by atoms with Crippen LogP contribution in [-0.4, -0.2) is 36.9 Å². The molecule has 0 aliphatic heterocycles. The van der Waals surface area contributed by atoms with Crippen LogP contribution in [0.3, 0.4) is 0 Å². The molecule has 4 nitrogen and oxygen atoms in total. The summed E-state index contributed by atoms with van der Waals surface area (Å²) in [5, 5.41) is 10.6. The Morgan fingerprint density at radius 1 is 1.41 bits per heavy atom. The van der Waals surface area contributed by atoms with Crippen LogP contribution in [0, 0.1) is 6.42 Å². The molecule has 0 aliphatic carbocycles. The third kappa shape index (κ3) is 4.78. The minimum Gasteiger partial charge on any atom is -0.544 e. The van der Waals surface area contributed by atoms with Crippen molar-refractivity contribution in [1.29, 1.82) is 0 Å². The van der Waals surface area contributed by atoms with Crippen LogP contribution in [0.5, 0.6) is 0 Å². The number of benzene rings is 1. The summed E-state index contributed by atoms with van der Waals surface area (Å²) in [4.78, 5) is 10.6. The van der Waals surface area contributed by atoms with E-state index in [-0.39, 0.29) is 0 Å². The Morgan fingerprint density at radius 3 is 2.47 bits per heavy atom. The Labute approximate surface area is 101 Å². The number of carbonyl (C=O) groups excluding carboxylic acids is 1. The lowest BCUT2D eigenvalue weighted by atomic mass is 10.0. The highest BCUT2D eigenvalue weighted by atomic mass is 16.4. The molecule has 17 heavy (non-hydrogen) atoms. The Morgan fingerprint density at radius 2 is 2.00 bits per heavy atom. The van der Waals surface area contributed by atoms with Gasteiger partial charge in [-0.05, 0) is 11.1 Å². The predicted octanol–water partition coefficient (Wildman–Crippen LogP) is -1.52. The van der Waals surface area contributed by atoms with Gasteiger partial charge in [-0.25, -0.2) is 4.58 Å². The van der Waals surface area contributed by atoms with Crippen LogP contribution < -0.4 is 10.8 Å². The topological polar surface area (TPSA) is 70.8 Å². The van der Waals surface area contributed by atoms with Crippen LogP contribution in [0.4, 0.5) is 0 Å². The molecule has 0 fully saturated rings. The summed E-state index contributed by atoms with van der Waals surface area (Å²) in [6.07, 6.45) is 4.35. The van der Waals surface area contributed by atoms with E-state index in [4.69, 9.17) is 0 Å². The summed E-state index contributed by atoms with van der Waals surface area (Å²) in [7, 11) is 3.91. The summed E-state index contributed by atoms with van der Waals surface area (Å²) in [6.45, 7) is 0. The molecule has 0 bridgehead atoms. The van der Waals surface area contributed by atoms with Crippen molar-refractivity contribution >= 4 is 12.2 Å². The second-order valence-electron chi connectivity index (χ2n) is 4.24. The summed E-state index contributed by atoms with van der Waals surface area (Å²) < 4.78 is 1.95. The second-order valence-corrected chi connectivity index (χ2v) is 4.24. The lowest BCUT2D eigenvalue weighted by Gasteiger charge is -2.09. The highest BCUT2D eigenvalue weighted by Crippen LogP contribution is 2.07. The van der Waals surface area contributed by atoms with Gasteiger partial charge in [0.05, 0.1) is 12.4 Å². The second kappa shape index (κ2) is 6.15. The zero-order valence-electron chi connectivity index (χ0n) is 10.2. The maximum Gasteiger partial charge on any atom is 0.147 e. The molecule has 0 amide bonds. The van der Waals surface area contributed by atoms with Crippen molar-refractivity contribution in [2.75, 3.05) is 14.1 Å². The van der Waals surface area contributed by atoms with Gasteiger partial charge in [0, 0.05) is 6.42 Å². The van der Waals surface area contributed by atoms with Crippen molar-refractivity contribution in [2.45, 2.75) is 12.5 Å². The Kier molecular flexibility index (Phi) is 4.84. The van der Waals surface area contributed by atoms with E-state index in [0.717, 1.165) is 11.1 Å². The van der Waals surface area contributed by atoms with Gasteiger partial charge in [0.15, 0.2) is 0 Å². The number of quaternary nitrogens is 1. The number of nitrogens with zero attached hydrogens (tertiary/aromatic N) is 1. The van der Waals surface area contributed by atoms with Gasteiger partial charge in [0.25, 0.3) is 0 Å². The van der Waals surface area contributed by atoms with E-state index in [1.54, 1.807) is 0 Å². The van der Waals surface area contributed by atoms with Gasteiger partial charge in [0.2, 0.25) is 0 Å². The molecule has 0 saturated heterocycles. The van der Waals surface area contributed by atoms with E-state index in [1.165, 1.54) is 0 Å². The Bertz CT molecular complexity index is 406. The first-order chi connectivity index (χ1) is 7.99. The van der Waals surface area contributed by atoms with E-state index >= 15 is 0 Å². The third-order valence-corrected chi connectivity index (χ3v) is 2.36. The molecule has 0 heterocycles. The molecule has 3 N–H and O–H groups in total. The number of hydrogen-bond acceptors (Lipinski definition) is 2. The van der Waals surface area contributed by atoms with Crippen LogP contribution in [0.25, 0.3) is 0 Å². The number of carbonyl (C=O) groups is 1. The molecule has 1 rings (SSSR count). The lowest BCUT2D eigenvalue weighted by Crippen LogP contribution is -2.69. The molecular formula is C13H18N2O2+. The highest BCUT2D eigenvalue weighted by molar-refractivity contribution is 5.70. The first-order valence-corrected chi connectivity index (χ1v) is 5.46. The molecule has 1 radical (unpaired) electrons. The fourth-order valence-electron chi connectivity index (χ4n) is 1.37. The van der Waals surface area contributed by atoms with Crippen LogP contribution >= 0.6 is 0 Å². The molecule has 1 aromatic rings. The Balaban J connectivity index is 2.62. The molecule has 4 heteroatoms. The molecule has 0 aliphatic rings. The summed E-state index contributed by atoms with van der Waals surface area (Å²) >= 11 is 0. The molecule has 0 saturated carbocycles. The Hall–Kier alpha value is -1.68. The number of aliphatic carboxylic acids is 1. The maximum absolute atomic E-state index is 10.6. The van der Waals surface area contributed by atoms with Gasteiger partial charge in [-0.2, -0.15) is 0 Å². The standard InChI is InChI=1S/C13H17N2O2/c1-15(2)8-7-10-3-5-11(6-4-10)9-12(14)13(16)17/h3-8,12H,9,14H2,1-2H3/p+1. The highest BCUT2D eigenvalue weighted by Gasteiger charge is 2.08. The van der Waals surface area contributed by atoms with Crippen LogP contribution in [0.15, 0.2) is 24.3 Å². The van der Waals surface area contributed by atoms with E-state index < -0.39 is 12.0 Å². The fraction of sp³-hybridized carbons (Fsp3) is 0.308. The normalized spacial score (nSPS) is 11.9. The number of hydrogen-bond donors (Lipinski definition) is 1. The van der Waals surface area contributed by atoms with Crippen molar-refractivity contribution in [1.82, 2.24) is 0 Å². The van der Waals surface area contributed by atoms with Gasteiger partial charge in [0.1, 0.15) is 26.4 Å². The summed E-state index contributed by atoms with van der Waals surface area (Å²) in [5.74, 6) is -1.11. The maximum atomic E-state index is 10.6. The molecule has 1 unspecified atom stereocenters. The number of carboxylic acids is 1. The monoisotopic (exact) mass is 234 g/mol. The van der Waals surface area contributed by atoms with Crippen molar-refractivity contribution in [2.24, 2.45) is 0 Å². The van der Waals surface area contributed by atoms with Crippen molar-refractivity contribution < 1.29 is 20.2 Å². The molecule has 91 valence electrons. The zero-order valence-corrected chi connectivity index (χ0v) is 10.2. The van der Waals surface area contributed by atoms with Crippen molar-refractivity contribution in [3.63, 3.8) is 0 Å². The SMILES string of the molecule is C[N+](C)=C[CH]c1ccc(CC([NH3+])C(=O)[O-])cc1. The summed E-state index contributed by atoms with van der Waals surface area (Å²) in [6, 6.07) is 7.04. The molecule has 0 spiro atoms. The van der Waals surface area contributed by atoms with Gasteiger partial charge < -0.3 is 15.6 Å². The average Bonchev–Trinajstić information content (AvgIpc) is 2.28. The number of rotatable bonds is 5. The van der Waals surface area contributed by atoms with Gasteiger partial charge >= 0.3 is 0 Å². The van der Waals surface area contributed by atoms with E-state index in [9.17, 15) is 9.90 Å². The van der Waals surface area contributed by atoms with E-state index in [0.29, 0.717) is 6.42 Å². The number of carboxylic acid groups (broad SMARTS) is 1. The van der Waals surface area contributed by atoms with Gasteiger partial charge in [-0.1, -0.05) is 24.3 Å². The van der Waals surface area contributed by atoms with Crippen molar-refractivity contribution in [3.05, 3.63) is 41.8 Å². The first kappa shape index (κ1) is 13.4. The largest absolute Gasteiger partial charge is 0.544 e. The van der Waals surface area contributed by atoms with Crippen molar-refractivity contribution in [3.8, 4) is 0 Å². The molecule has 1 aromatic carbocycles. The summed E-state index contributed by atoms with van der Waals surface area (Å²) in [5.41, 5.74) is 5.57. The van der Waals surface area contributed by atoms with Crippen LogP contribution in [0.1, 0.15) is 11.1 Å². The fourth-order valence-corrected chi connectivity index (χ4v) is 1.37. The average molecular weight is 234 g/mol. The molecule has 1 atom stereocenters. The van der Waals surface area contributed by atoms with Crippen LogP contribution in [0.2, 0.25) is 0 Å². The third-order valence-electron chi connectivity index (χ3n) is 2.36. The minimum atomic E-state index is -1.11. The smallest absolute Gasteiger partial charge is 0.147 e.